The van der Waals surface area contributed by atoms with Crippen LogP contribution in [-0.2, 0) is 32.7 Å². The first-order chi connectivity index (χ1) is 30.0. The Hall–Kier alpha value is -2.03. The van der Waals surface area contributed by atoms with E-state index in [1.54, 1.807) is 0 Å². The molecular weight excluding hydrogens is 798 g/mol. The minimum Gasteiger partial charge on any atom is -0.462 e. The third kappa shape index (κ3) is 47.4. The zero-order valence-corrected chi connectivity index (χ0v) is 41.7. The van der Waals surface area contributed by atoms with E-state index in [4.69, 9.17) is 18.5 Å². The molecule has 0 aromatic rings. The van der Waals surface area contributed by atoms with Crippen molar-refractivity contribution < 1.29 is 42.1 Å². The fourth-order valence-corrected chi connectivity index (χ4v) is 7.58. The molecule has 2 atom stereocenters. The molecule has 0 saturated heterocycles. The lowest BCUT2D eigenvalue weighted by Gasteiger charge is -2.24. The van der Waals surface area contributed by atoms with Gasteiger partial charge in [0.25, 0.3) is 0 Å². The van der Waals surface area contributed by atoms with Crippen molar-refractivity contribution in [2.45, 2.75) is 225 Å². The summed E-state index contributed by atoms with van der Waals surface area (Å²) >= 11 is 0. The number of hydrogen-bond donors (Lipinski definition) is 1. The Morgan fingerprint density at radius 1 is 0.500 bits per heavy atom. The molecule has 0 saturated carbocycles. The average molecular weight is 895 g/mol. The monoisotopic (exact) mass is 895 g/mol. The van der Waals surface area contributed by atoms with E-state index >= 15 is 0 Å². The molecule has 0 aromatic carbocycles. The van der Waals surface area contributed by atoms with Crippen molar-refractivity contribution in [2.75, 3.05) is 47.5 Å². The van der Waals surface area contributed by atoms with E-state index in [2.05, 4.69) is 62.5 Å². The van der Waals surface area contributed by atoms with Gasteiger partial charge in [-0.15, -0.1) is 0 Å². The predicted molar refractivity (Wildman–Crippen MR) is 261 cm³/mol. The van der Waals surface area contributed by atoms with Crippen molar-refractivity contribution >= 4 is 19.8 Å². The summed E-state index contributed by atoms with van der Waals surface area (Å²) in [5, 5.41) is 0. The molecule has 0 aliphatic rings. The summed E-state index contributed by atoms with van der Waals surface area (Å²) in [7, 11) is 1.47. The summed E-state index contributed by atoms with van der Waals surface area (Å²) in [6, 6.07) is 0. The molecule has 0 aliphatic heterocycles. The molecule has 0 fully saturated rings. The fraction of sp³-hybridized carbons (Fsp3) is 0.808. The Morgan fingerprint density at radius 3 is 1.34 bits per heavy atom. The lowest BCUT2D eigenvalue weighted by Crippen LogP contribution is -2.37. The van der Waals surface area contributed by atoms with Gasteiger partial charge in [0.2, 0.25) is 0 Å². The van der Waals surface area contributed by atoms with Gasteiger partial charge in [-0.2, -0.15) is 0 Å². The summed E-state index contributed by atoms with van der Waals surface area (Å²) in [6.45, 7) is 4.39. The van der Waals surface area contributed by atoms with Crippen LogP contribution in [-0.4, -0.2) is 74.9 Å². The van der Waals surface area contributed by atoms with Crippen molar-refractivity contribution in [3.05, 3.63) is 48.6 Å². The smallest absolute Gasteiger partial charge is 0.462 e. The van der Waals surface area contributed by atoms with Gasteiger partial charge in [-0.05, 0) is 77.0 Å². The molecule has 0 rings (SSSR count). The summed E-state index contributed by atoms with van der Waals surface area (Å²) < 4.78 is 34.4. The zero-order valence-electron chi connectivity index (χ0n) is 40.9. The molecule has 0 radical (unpaired) electrons. The average Bonchev–Trinajstić information content (AvgIpc) is 3.23. The van der Waals surface area contributed by atoms with Crippen LogP contribution in [0.5, 0.6) is 0 Å². The normalized spacial score (nSPS) is 13.8. The number of likely N-dealkylation sites (N-methyl/N-ethyl adjacent to an activating group) is 1. The van der Waals surface area contributed by atoms with Crippen LogP contribution in [0, 0.1) is 0 Å². The van der Waals surface area contributed by atoms with Gasteiger partial charge in [-0.1, -0.05) is 178 Å². The molecule has 0 aromatic heterocycles. The number of nitrogens with zero attached hydrogens (tertiary/aromatic N) is 1. The van der Waals surface area contributed by atoms with Gasteiger partial charge in [-0.25, -0.2) is 4.57 Å². The van der Waals surface area contributed by atoms with Crippen LogP contribution in [0.2, 0.25) is 0 Å². The van der Waals surface area contributed by atoms with Crippen molar-refractivity contribution in [1.29, 1.82) is 0 Å². The SMILES string of the molecule is CCCCC/C=C\C/C=C\C/C=C\CCCCCCCCC(=O)OC(COC(=O)CCCCCCCCCCC/C=C\CCCCCCCC)COP(=O)(O)OCC[N+](C)(C)C. The van der Waals surface area contributed by atoms with Crippen LogP contribution >= 0.6 is 7.82 Å². The van der Waals surface area contributed by atoms with Gasteiger partial charge in [0.1, 0.15) is 19.8 Å². The number of ether oxygens (including phenoxy) is 2. The minimum atomic E-state index is -4.38. The van der Waals surface area contributed by atoms with Crippen molar-refractivity contribution in [1.82, 2.24) is 0 Å². The molecule has 0 amide bonds. The molecule has 0 aliphatic carbocycles. The third-order valence-corrected chi connectivity index (χ3v) is 11.8. The Labute approximate surface area is 382 Å². The molecule has 9 nitrogen and oxygen atoms in total. The molecule has 0 bridgehead atoms. The lowest BCUT2D eigenvalue weighted by atomic mass is 10.1. The Kier molecular flexibility index (Phi) is 42.7. The number of quaternary nitrogens is 1. The van der Waals surface area contributed by atoms with Gasteiger partial charge in [0.15, 0.2) is 6.10 Å². The van der Waals surface area contributed by atoms with Crippen molar-refractivity contribution in [3.63, 3.8) is 0 Å². The minimum absolute atomic E-state index is 0.0276. The van der Waals surface area contributed by atoms with Gasteiger partial charge in [0, 0.05) is 12.8 Å². The molecule has 0 heterocycles. The van der Waals surface area contributed by atoms with E-state index in [9.17, 15) is 19.0 Å². The van der Waals surface area contributed by atoms with E-state index in [0.717, 1.165) is 70.6 Å². The molecule has 2 unspecified atom stereocenters. The summed E-state index contributed by atoms with van der Waals surface area (Å²) in [4.78, 5) is 35.5. The number of esters is 2. The first-order valence-corrected chi connectivity index (χ1v) is 26.9. The number of phosphoric ester groups is 1. The lowest BCUT2D eigenvalue weighted by molar-refractivity contribution is -0.870. The first-order valence-electron chi connectivity index (χ1n) is 25.4. The number of carbonyl (C=O) groups excluding carboxylic acids is 2. The number of carbonyl (C=O) groups is 2. The van der Waals surface area contributed by atoms with E-state index < -0.39 is 26.5 Å². The van der Waals surface area contributed by atoms with Crippen LogP contribution in [0.15, 0.2) is 48.6 Å². The van der Waals surface area contributed by atoms with Crippen LogP contribution in [0.4, 0.5) is 0 Å². The largest absolute Gasteiger partial charge is 0.472 e. The standard InChI is InChI=1S/C52H96NO8P/c1-6-8-10-12-14-16-18-20-22-24-26-28-30-32-34-36-38-40-42-44-51(54)58-48-50(49-60-62(56,57)59-47-46-53(3,4)5)61-52(55)45-43-41-39-37-35-33-31-29-27-25-23-21-19-17-15-13-11-9-7-2/h15,17,20-23,27,29,50H,6-14,16,18-19,24-26,28,30-49H2,1-5H3/p+1/b17-15-,22-20-,23-21-,29-27-. The highest BCUT2D eigenvalue weighted by atomic mass is 31.2. The van der Waals surface area contributed by atoms with E-state index in [0.29, 0.717) is 17.4 Å². The highest BCUT2D eigenvalue weighted by Crippen LogP contribution is 2.43. The van der Waals surface area contributed by atoms with Gasteiger partial charge < -0.3 is 18.9 Å². The second-order valence-electron chi connectivity index (χ2n) is 18.2. The van der Waals surface area contributed by atoms with Crippen LogP contribution in [0.1, 0.15) is 219 Å². The first kappa shape index (κ1) is 60.0. The van der Waals surface area contributed by atoms with E-state index in [-0.39, 0.29) is 32.0 Å². The number of unbranched alkanes of at least 4 members (excludes halogenated alkanes) is 24. The van der Waals surface area contributed by atoms with Gasteiger partial charge in [0.05, 0.1) is 27.7 Å². The van der Waals surface area contributed by atoms with Crippen molar-refractivity contribution in [3.8, 4) is 0 Å². The highest BCUT2D eigenvalue weighted by molar-refractivity contribution is 7.47. The summed E-state index contributed by atoms with van der Waals surface area (Å²) in [6.07, 6.45) is 53.0. The molecule has 10 heteroatoms. The second-order valence-corrected chi connectivity index (χ2v) is 19.6. The molecule has 1 N–H and O–H groups in total. The molecule has 0 spiro atoms. The fourth-order valence-electron chi connectivity index (χ4n) is 6.84. The molecule has 362 valence electrons. The second kappa shape index (κ2) is 44.2. The maximum Gasteiger partial charge on any atom is 0.472 e. The van der Waals surface area contributed by atoms with Gasteiger partial charge >= 0.3 is 19.8 Å². The van der Waals surface area contributed by atoms with Crippen LogP contribution < -0.4 is 0 Å². The predicted octanol–water partition coefficient (Wildman–Crippen LogP) is 15.0. The summed E-state index contributed by atoms with van der Waals surface area (Å²) in [5.74, 6) is -0.812. The van der Waals surface area contributed by atoms with E-state index in [1.165, 1.54) is 116 Å². The quantitative estimate of drug-likeness (QED) is 0.0212. The Balaban J connectivity index is 4.29. The van der Waals surface area contributed by atoms with Crippen LogP contribution in [0.25, 0.3) is 0 Å². The maximum atomic E-state index is 12.7. The van der Waals surface area contributed by atoms with E-state index in [1.807, 2.05) is 21.1 Å². The Morgan fingerprint density at radius 2 is 0.871 bits per heavy atom. The van der Waals surface area contributed by atoms with Gasteiger partial charge in [-0.3, -0.25) is 18.6 Å². The number of rotatable bonds is 46. The topological polar surface area (TPSA) is 108 Å². The molecular formula is C52H97NO8P+. The zero-order chi connectivity index (χ0) is 45.7. The number of hydrogen-bond acceptors (Lipinski definition) is 7. The third-order valence-electron chi connectivity index (χ3n) is 10.8. The number of phosphoric acid groups is 1. The summed E-state index contributed by atoms with van der Waals surface area (Å²) in [5.41, 5.74) is 0. The van der Waals surface area contributed by atoms with Crippen LogP contribution in [0.3, 0.4) is 0 Å². The Bertz CT molecular complexity index is 1190. The van der Waals surface area contributed by atoms with Crippen molar-refractivity contribution in [2.24, 2.45) is 0 Å². The number of allylic oxidation sites excluding steroid dienone is 8. The molecule has 62 heavy (non-hydrogen) atoms. The maximum absolute atomic E-state index is 12.7. The highest BCUT2D eigenvalue weighted by Gasteiger charge is 2.27.